The van der Waals surface area contributed by atoms with Crippen LogP contribution in [0.2, 0.25) is 0 Å². The van der Waals surface area contributed by atoms with Crippen molar-refractivity contribution in [2.75, 3.05) is 25.0 Å². The largest absolute Gasteiger partial charge is 0.392 e. The number of nitrogens with one attached hydrogen (secondary N) is 1. The number of anilines is 1. The second-order valence-corrected chi connectivity index (χ2v) is 6.68. The molecule has 116 valence electrons. The molecule has 1 saturated heterocycles. The summed E-state index contributed by atoms with van der Waals surface area (Å²) in [6.45, 7) is 2.54. The standard InChI is InChI=1S/C12H17N3O5S/c1-2-13-9-3-4-12(11(7-9)15(17)18)21(19,20)14-6-5-10(16)8-14/h3-4,7,10,13,16H,2,5-6,8H2,1H3. The van der Waals surface area contributed by atoms with Crippen molar-refractivity contribution in [2.24, 2.45) is 0 Å². The highest BCUT2D eigenvalue weighted by Crippen LogP contribution is 2.31. The van der Waals surface area contributed by atoms with Crippen LogP contribution in [0.15, 0.2) is 23.1 Å². The molecular weight excluding hydrogens is 298 g/mol. The SMILES string of the molecule is CCNc1ccc(S(=O)(=O)N2CCC(O)C2)c([N+](=O)[O-])c1. The number of rotatable bonds is 5. The van der Waals surface area contributed by atoms with Gasteiger partial charge in [-0.1, -0.05) is 0 Å². The third-order valence-electron chi connectivity index (χ3n) is 3.28. The summed E-state index contributed by atoms with van der Waals surface area (Å²) in [5, 5.41) is 23.5. The number of hydrogen-bond acceptors (Lipinski definition) is 6. The van der Waals surface area contributed by atoms with Crippen LogP contribution in [0.4, 0.5) is 11.4 Å². The lowest BCUT2D eigenvalue weighted by molar-refractivity contribution is -0.387. The van der Waals surface area contributed by atoms with E-state index in [9.17, 15) is 23.6 Å². The van der Waals surface area contributed by atoms with Gasteiger partial charge in [0, 0.05) is 31.4 Å². The minimum Gasteiger partial charge on any atom is -0.392 e. The Morgan fingerprint density at radius 3 is 2.76 bits per heavy atom. The molecule has 1 atom stereocenters. The van der Waals surface area contributed by atoms with E-state index in [1.807, 2.05) is 6.92 Å². The van der Waals surface area contributed by atoms with Crippen molar-refractivity contribution >= 4 is 21.4 Å². The van der Waals surface area contributed by atoms with Crippen LogP contribution in [-0.4, -0.2) is 48.5 Å². The number of aliphatic hydroxyl groups excluding tert-OH is 1. The molecule has 9 heteroatoms. The Bertz CT molecular complexity index is 646. The molecule has 21 heavy (non-hydrogen) atoms. The lowest BCUT2D eigenvalue weighted by Crippen LogP contribution is -2.30. The van der Waals surface area contributed by atoms with Gasteiger partial charge < -0.3 is 10.4 Å². The first-order valence-corrected chi connectivity index (χ1v) is 8.00. The van der Waals surface area contributed by atoms with Crippen molar-refractivity contribution in [3.63, 3.8) is 0 Å². The summed E-state index contributed by atoms with van der Waals surface area (Å²) in [6, 6.07) is 3.94. The number of nitro groups is 1. The molecule has 2 rings (SSSR count). The minimum atomic E-state index is -3.98. The first-order chi connectivity index (χ1) is 9.86. The fraction of sp³-hybridized carbons (Fsp3) is 0.500. The number of sulfonamides is 1. The Labute approximate surface area is 122 Å². The van der Waals surface area contributed by atoms with Crippen molar-refractivity contribution in [2.45, 2.75) is 24.3 Å². The molecule has 0 aliphatic carbocycles. The first-order valence-electron chi connectivity index (χ1n) is 6.56. The summed E-state index contributed by atoms with van der Waals surface area (Å²) in [5.41, 5.74) is 0.0273. The fourth-order valence-electron chi connectivity index (χ4n) is 2.26. The summed E-state index contributed by atoms with van der Waals surface area (Å²) in [5.74, 6) is 0. The first kappa shape index (κ1) is 15.7. The number of hydrogen-bond donors (Lipinski definition) is 2. The molecule has 0 aromatic heterocycles. The zero-order valence-corrected chi connectivity index (χ0v) is 12.3. The molecule has 1 unspecified atom stereocenters. The monoisotopic (exact) mass is 315 g/mol. The number of nitrogens with zero attached hydrogens (tertiary/aromatic N) is 2. The van der Waals surface area contributed by atoms with Gasteiger partial charge in [0.1, 0.15) is 0 Å². The van der Waals surface area contributed by atoms with Crippen molar-refractivity contribution in [3.8, 4) is 0 Å². The second-order valence-electron chi connectivity index (χ2n) is 4.78. The van der Waals surface area contributed by atoms with Gasteiger partial charge in [-0.2, -0.15) is 4.31 Å². The zero-order valence-electron chi connectivity index (χ0n) is 11.5. The van der Waals surface area contributed by atoms with Gasteiger partial charge in [0.05, 0.1) is 11.0 Å². The lowest BCUT2D eigenvalue weighted by atomic mass is 10.3. The molecule has 1 aliphatic rings. The normalized spacial score (nSPS) is 19.6. The van der Waals surface area contributed by atoms with E-state index in [-0.39, 0.29) is 18.0 Å². The number of aliphatic hydroxyl groups is 1. The zero-order chi connectivity index (χ0) is 15.6. The van der Waals surface area contributed by atoms with Gasteiger partial charge >= 0.3 is 0 Å². The maximum absolute atomic E-state index is 12.5. The predicted molar refractivity (Wildman–Crippen MR) is 76.6 cm³/mol. The van der Waals surface area contributed by atoms with Crippen molar-refractivity contribution in [3.05, 3.63) is 28.3 Å². The quantitative estimate of drug-likeness (QED) is 0.613. The summed E-state index contributed by atoms with van der Waals surface area (Å²) in [7, 11) is -3.98. The van der Waals surface area contributed by atoms with E-state index >= 15 is 0 Å². The topological polar surface area (TPSA) is 113 Å². The van der Waals surface area contributed by atoms with E-state index in [4.69, 9.17) is 0 Å². The van der Waals surface area contributed by atoms with Crippen LogP contribution in [0, 0.1) is 10.1 Å². The molecule has 0 radical (unpaired) electrons. The molecule has 1 fully saturated rings. The summed E-state index contributed by atoms with van der Waals surface area (Å²) < 4.78 is 26.0. The van der Waals surface area contributed by atoms with Crippen molar-refractivity contribution in [1.82, 2.24) is 4.31 Å². The van der Waals surface area contributed by atoms with Gasteiger partial charge in [0.25, 0.3) is 5.69 Å². The second kappa shape index (κ2) is 5.96. The van der Waals surface area contributed by atoms with E-state index in [1.165, 1.54) is 18.2 Å². The lowest BCUT2D eigenvalue weighted by Gasteiger charge is -2.16. The van der Waals surface area contributed by atoms with E-state index in [1.54, 1.807) is 0 Å². The Balaban J connectivity index is 2.45. The van der Waals surface area contributed by atoms with Crippen LogP contribution in [0.3, 0.4) is 0 Å². The van der Waals surface area contributed by atoms with Gasteiger partial charge in [0.15, 0.2) is 4.90 Å². The molecule has 0 saturated carbocycles. The number of benzene rings is 1. The Hall–Kier alpha value is -1.71. The average Bonchev–Trinajstić information content (AvgIpc) is 2.86. The van der Waals surface area contributed by atoms with Crippen molar-refractivity contribution in [1.29, 1.82) is 0 Å². The van der Waals surface area contributed by atoms with Gasteiger partial charge in [-0.15, -0.1) is 0 Å². The number of nitro benzene ring substituents is 1. The van der Waals surface area contributed by atoms with Crippen LogP contribution in [0.5, 0.6) is 0 Å². The van der Waals surface area contributed by atoms with Crippen LogP contribution in [0.25, 0.3) is 0 Å². The van der Waals surface area contributed by atoms with Crippen LogP contribution < -0.4 is 5.32 Å². The third kappa shape index (κ3) is 3.14. The van der Waals surface area contributed by atoms with E-state index < -0.39 is 26.7 Å². The van der Waals surface area contributed by atoms with E-state index in [0.717, 1.165) is 4.31 Å². The van der Waals surface area contributed by atoms with E-state index in [0.29, 0.717) is 18.7 Å². The molecule has 2 N–H and O–H groups in total. The molecular formula is C12H17N3O5S. The van der Waals surface area contributed by atoms with Gasteiger partial charge in [-0.25, -0.2) is 8.42 Å². The Morgan fingerprint density at radius 1 is 1.52 bits per heavy atom. The summed E-state index contributed by atoms with van der Waals surface area (Å²) in [4.78, 5) is 10.1. The molecule has 0 spiro atoms. The van der Waals surface area contributed by atoms with E-state index in [2.05, 4.69) is 5.32 Å². The molecule has 0 bridgehead atoms. The summed E-state index contributed by atoms with van der Waals surface area (Å²) >= 11 is 0. The molecule has 8 nitrogen and oxygen atoms in total. The van der Waals surface area contributed by atoms with Gasteiger partial charge in [-0.05, 0) is 25.5 Å². The molecule has 1 heterocycles. The highest BCUT2D eigenvalue weighted by molar-refractivity contribution is 7.89. The molecule has 0 amide bonds. The Kier molecular flexibility index (Phi) is 4.45. The maximum atomic E-state index is 12.5. The highest BCUT2D eigenvalue weighted by Gasteiger charge is 2.36. The molecule has 1 aliphatic heterocycles. The van der Waals surface area contributed by atoms with Crippen LogP contribution >= 0.6 is 0 Å². The Morgan fingerprint density at radius 2 is 2.24 bits per heavy atom. The summed E-state index contributed by atoms with van der Waals surface area (Å²) in [6.07, 6.45) is -0.387. The predicted octanol–water partition coefficient (Wildman–Crippen LogP) is 0.782. The van der Waals surface area contributed by atoms with Crippen LogP contribution in [-0.2, 0) is 10.0 Å². The van der Waals surface area contributed by atoms with Crippen LogP contribution in [0.1, 0.15) is 13.3 Å². The third-order valence-corrected chi connectivity index (χ3v) is 5.19. The highest BCUT2D eigenvalue weighted by atomic mass is 32.2. The minimum absolute atomic E-state index is 0.0333. The molecule has 1 aromatic rings. The smallest absolute Gasteiger partial charge is 0.291 e. The van der Waals surface area contributed by atoms with Gasteiger partial charge in [0.2, 0.25) is 10.0 Å². The molecule has 1 aromatic carbocycles. The van der Waals surface area contributed by atoms with Gasteiger partial charge in [-0.3, -0.25) is 10.1 Å². The fourth-order valence-corrected chi connectivity index (χ4v) is 3.89. The van der Waals surface area contributed by atoms with Crippen molar-refractivity contribution < 1.29 is 18.4 Å². The maximum Gasteiger partial charge on any atom is 0.291 e. The number of β-amino-alcohol motifs (C(OH)–C–C–N with tert-alkyl or cyclic N) is 1. The average molecular weight is 315 g/mol.